The summed E-state index contributed by atoms with van der Waals surface area (Å²) in [4.78, 5) is 16.4. The molecule has 0 aliphatic heterocycles. The van der Waals surface area contributed by atoms with Crippen molar-refractivity contribution in [3.8, 4) is 11.4 Å². The number of anilines is 1. The third-order valence-electron chi connectivity index (χ3n) is 4.20. The molecule has 0 fully saturated rings. The van der Waals surface area contributed by atoms with E-state index in [0.29, 0.717) is 16.1 Å². The quantitative estimate of drug-likeness (QED) is 0.390. The molecule has 2 aromatic heterocycles. The van der Waals surface area contributed by atoms with Crippen LogP contribution >= 0.6 is 22.9 Å². The maximum absolute atomic E-state index is 12.8. The van der Waals surface area contributed by atoms with E-state index in [1.807, 2.05) is 0 Å². The molecule has 0 aliphatic carbocycles. The molecule has 4 rings (SSSR count). The van der Waals surface area contributed by atoms with Crippen molar-refractivity contribution >= 4 is 44.0 Å². The Labute approximate surface area is 191 Å². The maximum Gasteiger partial charge on any atom is 0.272 e. The molecule has 10 nitrogen and oxygen atoms in total. The Kier molecular flexibility index (Phi) is 6.28. The van der Waals surface area contributed by atoms with Crippen molar-refractivity contribution in [2.45, 2.75) is 10.9 Å². The standard InChI is InChI=1S/C19H15ClN6O4S2/c1-26(11-15-21-16(25-30-15)13-8-5-9-14(20)10-13)32(28,29)19-24-23-18(31-19)22-17(27)12-6-3-2-4-7-12/h2-10H,11H2,1H3,(H,22,23,27). The van der Waals surface area contributed by atoms with Gasteiger partial charge < -0.3 is 4.52 Å². The van der Waals surface area contributed by atoms with Crippen molar-refractivity contribution < 1.29 is 17.7 Å². The molecule has 4 aromatic rings. The van der Waals surface area contributed by atoms with Crippen LogP contribution in [0, 0.1) is 0 Å². The Balaban J connectivity index is 1.45. The highest BCUT2D eigenvalue weighted by Gasteiger charge is 2.28. The van der Waals surface area contributed by atoms with Gasteiger partial charge in [-0.15, -0.1) is 10.2 Å². The Hall–Kier alpha value is -3.19. The van der Waals surface area contributed by atoms with E-state index in [2.05, 4.69) is 25.7 Å². The van der Waals surface area contributed by atoms with E-state index in [1.54, 1.807) is 54.6 Å². The molecular formula is C19H15ClN6O4S2. The predicted octanol–water partition coefficient (Wildman–Crippen LogP) is 3.31. The van der Waals surface area contributed by atoms with Gasteiger partial charge in [-0.25, -0.2) is 8.42 Å². The molecule has 0 unspecified atom stereocenters. The molecule has 32 heavy (non-hydrogen) atoms. The van der Waals surface area contributed by atoms with E-state index in [0.717, 1.165) is 15.6 Å². The first-order valence-electron chi connectivity index (χ1n) is 9.08. The molecule has 0 radical (unpaired) electrons. The first-order valence-corrected chi connectivity index (χ1v) is 11.7. The number of carbonyl (C=O) groups is 1. The van der Waals surface area contributed by atoms with Crippen molar-refractivity contribution in [1.29, 1.82) is 0 Å². The van der Waals surface area contributed by atoms with Gasteiger partial charge >= 0.3 is 0 Å². The second-order valence-electron chi connectivity index (χ2n) is 6.48. The topological polar surface area (TPSA) is 131 Å². The Morgan fingerprint density at radius 2 is 1.94 bits per heavy atom. The predicted molar refractivity (Wildman–Crippen MR) is 118 cm³/mol. The largest absolute Gasteiger partial charge is 0.338 e. The van der Waals surface area contributed by atoms with Gasteiger partial charge in [0.2, 0.25) is 21.2 Å². The summed E-state index contributed by atoms with van der Waals surface area (Å²) in [6.45, 7) is -0.179. The summed E-state index contributed by atoms with van der Waals surface area (Å²) in [5.74, 6) is -0.0400. The highest BCUT2D eigenvalue weighted by Crippen LogP contribution is 2.25. The monoisotopic (exact) mass is 490 g/mol. The second-order valence-corrected chi connectivity index (χ2v) is 10.1. The molecule has 0 bridgehead atoms. The number of amides is 1. The van der Waals surface area contributed by atoms with Crippen LogP contribution in [0.4, 0.5) is 5.13 Å². The molecule has 1 N–H and O–H groups in total. The van der Waals surface area contributed by atoms with E-state index in [4.69, 9.17) is 16.1 Å². The lowest BCUT2D eigenvalue weighted by Gasteiger charge is -2.11. The molecule has 0 saturated heterocycles. The third-order valence-corrected chi connectivity index (χ3v) is 7.43. The number of hydrogen-bond donors (Lipinski definition) is 1. The fourth-order valence-electron chi connectivity index (χ4n) is 2.60. The average molecular weight is 491 g/mol. The summed E-state index contributed by atoms with van der Waals surface area (Å²) in [6, 6.07) is 15.4. The molecule has 0 aliphatic rings. The number of benzene rings is 2. The molecule has 1 amide bonds. The van der Waals surface area contributed by atoms with Gasteiger partial charge in [0.15, 0.2) is 0 Å². The molecule has 0 atom stereocenters. The normalized spacial score (nSPS) is 11.6. The molecule has 0 saturated carbocycles. The summed E-state index contributed by atoms with van der Waals surface area (Å²) in [7, 11) is -2.65. The first-order chi connectivity index (χ1) is 15.3. The maximum atomic E-state index is 12.8. The summed E-state index contributed by atoms with van der Waals surface area (Å²) in [5, 5.41) is 14.4. The van der Waals surface area contributed by atoms with Crippen LogP contribution in [-0.2, 0) is 16.6 Å². The van der Waals surface area contributed by atoms with Crippen LogP contribution in [0.3, 0.4) is 0 Å². The van der Waals surface area contributed by atoms with Crippen LogP contribution in [0.5, 0.6) is 0 Å². The van der Waals surface area contributed by atoms with Crippen molar-refractivity contribution in [1.82, 2.24) is 24.6 Å². The zero-order valence-corrected chi connectivity index (χ0v) is 18.9. The van der Waals surface area contributed by atoms with Gasteiger partial charge in [-0.3, -0.25) is 10.1 Å². The van der Waals surface area contributed by atoms with E-state index >= 15 is 0 Å². The van der Waals surface area contributed by atoms with Crippen LogP contribution < -0.4 is 5.32 Å². The highest BCUT2D eigenvalue weighted by atomic mass is 35.5. The Morgan fingerprint density at radius 3 is 2.69 bits per heavy atom. The van der Waals surface area contributed by atoms with E-state index in [-0.39, 0.29) is 27.7 Å². The lowest BCUT2D eigenvalue weighted by Crippen LogP contribution is -2.26. The SMILES string of the molecule is CN(Cc1nc(-c2cccc(Cl)c2)no1)S(=O)(=O)c1nnc(NC(=O)c2ccccc2)s1. The number of aromatic nitrogens is 4. The number of carbonyl (C=O) groups excluding carboxylic acids is 1. The third kappa shape index (κ3) is 4.83. The Bertz CT molecular complexity index is 1360. The van der Waals surface area contributed by atoms with Gasteiger partial charge in [-0.05, 0) is 24.3 Å². The number of halogens is 1. The first kappa shape index (κ1) is 22.0. The van der Waals surface area contributed by atoms with Crippen LogP contribution in [0.25, 0.3) is 11.4 Å². The highest BCUT2D eigenvalue weighted by molar-refractivity contribution is 7.91. The number of sulfonamides is 1. The van der Waals surface area contributed by atoms with Crippen molar-refractivity contribution in [2.24, 2.45) is 0 Å². The smallest absolute Gasteiger partial charge is 0.272 e. The van der Waals surface area contributed by atoms with E-state index < -0.39 is 15.9 Å². The fourth-order valence-corrected chi connectivity index (χ4v) is 4.99. The van der Waals surface area contributed by atoms with Gasteiger partial charge in [-0.2, -0.15) is 9.29 Å². The summed E-state index contributed by atoms with van der Waals surface area (Å²) < 4.78 is 31.6. The molecule has 2 aromatic carbocycles. The van der Waals surface area contributed by atoms with Gasteiger partial charge in [0, 0.05) is 23.2 Å². The lowest BCUT2D eigenvalue weighted by molar-refractivity contribution is 0.102. The fraction of sp³-hybridized carbons (Fsp3) is 0.105. The molecular weight excluding hydrogens is 476 g/mol. The molecule has 13 heteroatoms. The van der Waals surface area contributed by atoms with Gasteiger partial charge in [0.05, 0.1) is 6.54 Å². The molecule has 2 heterocycles. The van der Waals surface area contributed by atoms with Crippen molar-refractivity contribution in [3.05, 3.63) is 71.1 Å². The van der Waals surface area contributed by atoms with E-state index in [9.17, 15) is 13.2 Å². The summed E-state index contributed by atoms with van der Waals surface area (Å²) in [5.41, 5.74) is 1.05. The summed E-state index contributed by atoms with van der Waals surface area (Å²) >= 11 is 6.71. The zero-order chi connectivity index (χ0) is 22.7. The average Bonchev–Trinajstić information content (AvgIpc) is 3.44. The summed E-state index contributed by atoms with van der Waals surface area (Å²) in [6.07, 6.45) is 0. The molecule has 0 spiro atoms. The molecule has 164 valence electrons. The number of hydrogen-bond acceptors (Lipinski definition) is 9. The minimum Gasteiger partial charge on any atom is -0.338 e. The Morgan fingerprint density at radius 1 is 1.16 bits per heavy atom. The van der Waals surface area contributed by atoms with Crippen molar-refractivity contribution in [2.75, 3.05) is 12.4 Å². The van der Waals surface area contributed by atoms with Crippen LogP contribution in [0.15, 0.2) is 63.5 Å². The number of nitrogens with zero attached hydrogens (tertiary/aromatic N) is 5. The van der Waals surface area contributed by atoms with Crippen molar-refractivity contribution in [3.63, 3.8) is 0 Å². The number of rotatable bonds is 7. The van der Waals surface area contributed by atoms with Gasteiger partial charge in [0.25, 0.3) is 15.9 Å². The number of nitrogens with one attached hydrogen (secondary N) is 1. The zero-order valence-electron chi connectivity index (χ0n) is 16.5. The minimum atomic E-state index is -4.00. The van der Waals surface area contributed by atoms with Gasteiger partial charge in [-0.1, -0.05) is 58.4 Å². The lowest BCUT2D eigenvalue weighted by atomic mass is 10.2. The van der Waals surface area contributed by atoms with Crippen LogP contribution in [0.1, 0.15) is 16.2 Å². The minimum absolute atomic E-state index is 0.0619. The van der Waals surface area contributed by atoms with E-state index in [1.165, 1.54) is 7.05 Å². The van der Waals surface area contributed by atoms with Crippen LogP contribution in [-0.4, -0.2) is 46.0 Å². The van der Waals surface area contributed by atoms with Gasteiger partial charge in [0.1, 0.15) is 0 Å². The second kappa shape index (κ2) is 9.12. The van der Waals surface area contributed by atoms with Crippen LogP contribution in [0.2, 0.25) is 5.02 Å².